The number of ether oxygens (including phenoxy) is 1. The summed E-state index contributed by atoms with van der Waals surface area (Å²) in [6.45, 7) is 5.30. The van der Waals surface area contributed by atoms with Crippen molar-refractivity contribution in [3.8, 4) is 16.9 Å². The van der Waals surface area contributed by atoms with Gasteiger partial charge in [-0.25, -0.2) is 0 Å². The van der Waals surface area contributed by atoms with Crippen molar-refractivity contribution in [1.29, 1.82) is 0 Å². The minimum Gasteiger partial charge on any atom is -0.493 e. The molecular formula is C18H17ClO. The van der Waals surface area contributed by atoms with Crippen LogP contribution in [0.2, 0.25) is 5.02 Å². The van der Waals surface area contributed by atoms with Crippen molar-refractivity contribution in [1.82, 2.24) is 0 Å². The van der Waals surface area contributed by atoms with E-state index in [1.165, 1.54) is 27.8 Å². The summed E-state index contributed by atoms with van der Waals surface area (Å²) in [6, 6.07) is 10.8. The zero-order valence-electron chi connectivity index (χ0n) is 11.8. The van der Waals surface area contributed by atoms with Crippen LogP contribution in [-0.4, -0.2) is 6.61 Å². The lowest BCUT2D eigenvalue weighted by Crippen LogP contribution is -2.35. The van der Waals surface area contributed by atoms with Gasteiger partial charge in [-0.2, -0.15) is 0 Å². The van der Waals surface area contributed by atoms with E-state index in [9.17, 15) is 0 Å². The molecule has 2 aromatic rings. The lowest BCUT2D eigenvalue weighted by atomic mass is 9.66. The third-order valence-corrected chi connectivity index (χ3v) is 4.93. The highest BCUT2D eigenvalue weighted by molar-refractivity contribution is 6.31. The molecule has 102 valence electrons. The first-order valence-corrected chi connectivity index (χ1v) is 7.51. The van der Waals surface area contributed by atoms with E-state index < -0.39 is 0 Å². The van der Waals surface area contributed by atoms with Crippen LogP contribution in [0.25, 0.3) is 11.1 Å². The van der Waals surface area contributed by atoms with Crippen LogP contribution >= 0.6 is 11.6 Å². The number of halogens is 1. The summed E-state index contributed by atoms with van der Waals surface area (Å²) in [4.78, 5) is 0. The molecule has 1 aliphatic carbocycles. The predicted molar refractivity (Wildman–Crippen MR) is 82.8 cm³/mol. The Kier molecular flexibility index (Phi) is 2.47. The summed E-state index contributed by atoms with van der Waals surface area (Å²) < 4.78 is 5.87. The van der Waals surface area contributed by atoms with Gasteiger partial charge in [0.2, 0.25) is 0 Å². The third kappa shape index (κ3) is 1.63. The quantitative estimate of drug-likeness (QED) is 0.668. The maximum atomic E-state index is 6.30. The third-order valence-electron chi connectivity index (χ3n) is 4.71. The zero-order valence-corrected chi connectivity index (χ0v) is 12.6. The molecule has 0 fully saturated rings. The Morgan fingerprint density at radius 3 is 2.85 bits per heavy atom. The van der Waals surface area contributed by atoms with E-state index in [4.69, 9.17) is 16.3 Å². The standard InChI is InChI=1S/C18H17ClO/c1-11-3-4-14-12(7-11)10-18(2)5-6-20-16-9-13(19)8-15(14)17(16)18/h3-4,7-9H,5-6,10H2,1-2H3. The Balaban J connectivity index is 2.08. The number of rotatable bonds is 0. The van der Waals surface area contributed by atoms with Gasteiger partial charge in [-0.05, 0) is 48.6 Å². The van der Waals surface area contributed by atoms with Crippen LogP contribution in [0.15, 0.2) is 30.3 Å². The van der Waals surface area contributed by atoms with Crippen LogP contribution in [0.3, 0.4) is 0 Å². The molecule has 0 bridgehead atoms. The molecule has 1 heterocycles. The molecule has 2 heteroatoms. The van der Waals surface area contributed by atoms with Gasteiger partial charge in [0.05, 0.1) is 6.61 Å². The minimum absolute atomic E-state index is 0.175. The van der Waals surface area contributed by atoms with Crippen molar-refractivity contribution in [2.45, 2.75) is 32.1 Å². The Morgan fingerprint density at radius 1 is 1.15 bits per heavy atom. The molecule has 2 aliphatic rings. The molecule has 1 nitrogen and oxygen atoms in total. The number of fused-ring (bicyclic) bond motifs is 2. The molecule has 0 aromatic heterocycles. The van der Waals surface area contributed by atoms with Gasteiger partial charge in [-0.3, -0.25) is 0 Å². The highest BCUT2D eigenvalue weighted by atomic mass is 35.5. The second-order valence-electron chi connectivity index (χ2n) is 6.32. The van der Waals surface area contributed by atoms with Crippen molar-refractivity contribution in [3.05, 3.63) is 52.0 Å². The average Bonchev–Trinajstić information content (AvgIpc) is 2.37. The van der Waals surface area contributed by atoms with Crippen molar-refractivity contribution in [3.63, 3.8) is 0 Å². The topological polar surface area (TPSA) is 9.23 Å². The molecular weight excluding hydrogens is 268 g/mol. The summed E-state index contributed by atoms with van der Waals surface area (Å²) in [5.74, 6) is 0.979. The first-order valence-electron chi connectivity index (χ1n) is 7.14. The van der Waals surface area contributed by atoms with E-state index in [0.29, 0.717) is 0 Å². The van der Waals surface area contributed by atoms with E-state index in [-0.39, 0.29) is 5.41 Å². The molecule has 1 atom stereocenters. The van der Waals surface area contributed by atoms with Gasteiger partial charge in [0.1, 0.15) is 5.75 Å². The van der Waals surface area contributed by atoms with Gasteiger partial charge >= 0.3 is 0 Å². The van der Waals surface area contributed by atoms with Crippen LogP contribution < -0.4 is 4.74 Å². The van der Waals surface area contributed by atoms with Crippen LogP contribution in [-0.2, 0) is 11.8 Å². The second-order valence-corrected chi connectivity index (χ2v) is 6.76. The van der Waals surface area contributed by atoms with Crippen LogP contribution in [0.4, 0.5) is 0 Å². The second kappa shape index (κ2) is 4.02. The van der Waals surface area contributed by atoms with E-state index >= 15 is 0 Å². The summed E-state index contributed by atoms with van der Waals surface area (Å²) in [5.41, 5.74) is 6.87. The van der Waals surface area contributed by atoms with Crippen molar-refractivity contribution in [2.24, 2.45) is 0 Å². The number of aryl methyl sites for hydroxylation is 1. The van der Waals surface area contributed by atoms with Crippen molar-refractivity contribution in [2.75, 3.05) is 6.61 Å². The van der Waals surface area contributed by atoms with Gasteiger partial charge < -0.3 is 4.74 Å². The first kappa shape index (κ1) is 12.3. The summed E-state index contributed by atoms with van der Waals surface area (Å²) in [6.07, 6.45) is 2.16. The molecule has 0 N–H and O–H groups in total. The van der Waals surface area contributed by atoms with E-state index in [2.05, 4.69) is 38.1 Å². The fraction of sp³-hybridized carbons (Fsp3) is 0.333. The molecule has 2 aromatic carbocycles. The van der Waals surface area contributed by atoms with Crippen molar-refractivity contribution >= 4 is 11.6 Å². The zero-order chi connectivity index (χ0) is 13.9. The number of hydrogen-bond acceptors (Lipinski definition) is 1. The lowest BCUT2D eigenvalue weighted by molar-refractivity contribution is 0.222. The Morgan fingerprint density at radius 2 is 2.00 bits per heavy atom. The van der Waals surface area contributed by atoms with E-state index in [1.807, 2.05) is 6.07 Å². The fourth-order valence-corrected chi connectivity index (χ4v) is 3.98. The molecule has 0 spiro atoms. The maximum absolute atomic E-state index is 6.30. The first-order chi connectivity index (χ1) is 9.57. The Bertz CT molecular complexity index is 720. The minimum atomic E-state index is 0.175. The van der Waals surface area contributed by atoms with Crippen LogP contribution in [0.5, 0.6) is 5.75 Å². The SMILES string of the molecule is Cc1ccc2c(c1)CC1(C)CCOc3cc(Cl)cc-2c31. The molecule has 0 radical (unpaired) electrons. The monoisotopic (exact) mass is 284 g/mol. The van der Waals surface area contributed by atoms with Gasteiger partial charge in [0.25, 0.3) is 0 Å². The molecule has 20 heavy (non-hydrogen) atoms. The normalized spacial score (nSPS) is 22.8. The molecule has 0 saturated heterocycles. The summed E-state index contributed by atoms with van der Waals surface area (Å²) in [7, 11) is 0. The fourth-order valence-electron chi connectivity index (χ4n) is 3.77. The molecule has 4 rings (SSSR count). The predicted octanol–water partition coefficient (Wildman–Crippen LogP) is 4.91. The molecule has 1 aliphatic heterocycles. The number of benzene rings is 2. The highest BCUT2D eigenvalue weighted by Crippen LogP contribution is 2.52. The largest absolute Gasteiger partial charge is 0.493 e. The Hall–Kier alpha value is -1.47. The van der Waals surface area contributed by atoms with Crippen LogP contribution in [0.1, 0.15) is 30.0 Å². The van der Waals surface area contributed by atoms with E-state index in [0.717, 1.165) is 30.2 Å². The molecule has 0 amide bonds. The van der Waals surface area contributed by atoms with Gasteiger partial charge in [0.15, 0.2) is 0 Å². The molecule has 1 unspecified atom stereocenters. The number of hydrogen-bond donors (Lipinski definition) is 0. The lowest BCUT2D eigenvalue weighted by Gasteiger charge is -2.41. The summed E-state index contributed by atoms with van der Waals surface area (Å²) >= 11 is 6.30. The van der Waals surface area contributed by atoms with E-state index in [1.54, 1.807) is 0 Å². The van der Waals surface area contributed by atoms with Gasteiger partial charge in [-0.1, -0.05) is 42.3 Å². The summed E-state index contributed by atoms with van der Waals surface area (Å²) in [5, 5.41) is 0.761. The Labute approximate surface area is 124 Å². The maximum Gasteiger partial charge on any atom is 0.125 e. The van der Waals surface area contributed by atoms with Crippen LogP contribution in [0, 0.1) is 6.92 Å². The smallest absolute Gasteiger partial charge is 0.125 e. The van der Waals surface area contributed by atoms with Crippen molar-refractivity contribution < 1.29 is 4.74 Å². The molecule has 0 saturated carbocycles. The average molecular weight is 285 g/mol. The van der Waals surface area contributed by atoms with Gasteiger partial charge in [0, 0.05) is 16.0 Å². The van der Waals surface area contributed by atoms with Gasteiger partial charge in [-0.15, -0.1) is 0 Å². The highest BCUT2D eigenvalue weighted by Gasteiger charge is 2.40.